The molecule has 0 spiro atoms. The fourth-order valence-corrected chi connectivity index (χ4v) is 2.08. The van der Waals surface area contributed by atoms with Gasteiger partial charge in [0.05, 0.1) is 11.5 Å². The summed E-state index contributed by atoms with van der Waals surface area (Å²) in [5, 5.41) is 7.43. The average molecular weight is 318 g/mol. The van der Waals surface area contributed by atoms with E-state index in [-0.39, 0.29) is 12.1 Å². The maximum Gasteiger partial charge on any atom is 0.251 e. The van der Waals surface area contributed by atoms with E-state index in [1.165, 1.54) is 0 Å². The molecule has 6 nitrogen and oxygen atoms in total. The number of benzene rings is 1. The molecule has 0 aliphatic carbocycles. The van der Waals surface area contributed by atoms with Crippen LogP contribution in [0, 0.1) is 11.7 Å². The number of primary sulfonamides is 1. The Kier molecular flexibility index (Phi) is 6.25. The van der Waals surface area contributed by atoms with Crippen molar-refractivity contribution in [3.05, 3.63) is 29.6 Å². The van der Waals surface area contributed by atoms with Crippen LogP contribution in [-0.4, -0.2) is 34.1 Å². The maximum absolute atomic E-state index is 13.3. The van der Waals surface area contributed by atoms with Gasteiger partial charge < -0.3 is 10.1 Å². The van der Waals surface area contributed by atoms with Crippen LogP contribution in [0.4, 0.5) is 4.39 Å². The molecule has 0 saturated heterocycles. The third-order valence-electron chi connectivity index (χ3n) is 2.45. The van der Waals surface area contributed by atoms with E-state index in [1.54, 1.807) is 0 Å². The highest BCUT2D eigenvalue weighted by atomic mass is 32.2. The van der Waals surface area contributed by atoms with Crippen molar-refractivity contribution in [2.45, 2.75) is 18.7 Å². The molecule has 0 aliphatic rings. The second-order valence-electron chi connectivity index (χ2n) is 4.95. The summed E-state index contributed by atoms with van der Waals surface area (Å²) in [6.45, 7) is 5.14. The van der Waals surface area contributed by atoms with E-state index in [0.29, 0.717) is 19.1 Å². The Morgan fingerprint density at radius 3 is 2.62 bits per heavy atom. The van der Waals surface area contributed by atoms with Crippen molar-refractivity contribution in [1.82, 2.24) is 5.32 Å². The van der Waals surface area contributed by atoms with Crippen molar-refractivity contribution < 1.29 is 22.3 Å². The zero-order valence-electron chi connectivity index (χ0n) is 11.9. The number of rotatable bonds is 7. The molecule has 0 aromatic heterocycles. The van der Waals surface area contributed by atoms with E-state index < -0.39 is 26.6 Å². The lowest BCUT2D eigenvalue weighted by Gasteiger charge is -2.09. The molecule has 0 aliphatic heterocycles. The summed E-state index contributed by atoms with van der Waals surface area (Å²) in [5.41, 5.74) is -0.108. The van der Waals surface area contributed by atoms with Crippen LogP contribution >= 0.6 is 0 Å². The predicted octanol–water partition coefficient (Wildman–Crippen LogP) is 0.876. The number of carbonyl (C=O) groups is 1. The third-order valence-corrected chi connectivity index (χ3v) is 3.34. The smallest absolute Gasteiger partial charge is 0.251 e. The van der Waals surface area contributed by atoms with Gasteiger partial charge in [-0.3, -0.25) is 4.79 Å². The van der Waals surface area contributed by atoms with Gasteiger partial charge in [0.15, 0.2) is 0 Å². The van der Waals surface area contributed by atoms with E-state index >= 15 is 0 Å². The van der Waals surface area contributed by atoms with E-state index in [1.807, 2.05) is 13.8 Å². The van der Waals surface area contributed by atoms with Crippen molar-refractivity contribution in [2.24, 2.45) is 11.1 Å². The highest BCUT2D eigenvalue weighted by Gasteiger charge is 2.14. The molecule has 0 saturated carbocycles. The van der Waals surface area contributed by atoms with Crippen molar-refractivity contribution in [2.75, 3.05) is 19.8 Å². The summed E-state index contributed by atoms with van der Waals surface area (Å²) in [7, 11) is -4.06. The van der Waals surface area contributed by atoms with E-state index in [4.69, 9.17) is 9.88 Å². The van der Waals surface area contributed by atoms with Gasteiger partial charge in [0.1, 0.15) is 5.82 Å². The number of halogens is 1. The van der Waals surface area contributed by atoms with Crippen molar-refractivity contribution in [3.63, 3.8) is 0 Å². The number of ether oxygens (including phenoxy) is 1. The number of amides is 1. The maximum atomic E-state index is 13.3. The Labute approximate surface area is 123 Å². The Morgan fingerprint density at radius 2 is 2.05 bits per heavy atom. The SMILES string of the molecule is CC(C)COCCNC(=O)c1cc(F)cc(S(N)(=O)=O)c1. The summed E-state index contributed by atoms with van der Waals surface area (Å²) >= 11 is 0. The Bertz CT molecular complexity index is 602. The molecule has 1 aromatic rings. The normalized spacial score (nSPS) is 11.7. The molecule has 1 aromatic carbocycles. The van der Waals surface area contributed by atoms with Crippen molar-refractivity contribution in [3.8, 4) is 0 Å². The summed E-state index contributed by atoms with van der Waals surface area (Å²) in [6, 6.07) is 2.74. The number of nitrogens with two attached hydrogens (primary N) is 1. The molecule has 21 heavy (non-hydrogen) atoms. The lowest BCUT2D eigenvalue weighted by atomic mass is 10.2. The van der Waals surface area contributed by atoms with Crippen LogP contribution in [0.3, 0.4) is 0 Å². The molecule has 3 N–H and O–H groups in total. The second kappa shape index (κ2) is 7.48. The summed E-state index contributed by atoms with van der Waals surface area (Å²) in [4.78, 5) is 11.4. The molecule has 0 bridgehead atoms. The van der Waals surface area contributed by atoms with Gasteiger partial charge in [0.2, 0.25) is 10.0 Å². The first kappa shape index (κ1) is 17.5. The average Bonchev–Trinajstić information content (AvgIpc) is 2.36. The minimum atomic E-state index is -4.06. The highest BCUT2D eigenvalue weighted by molar-refractivity contribution is 7.89. The van der Waals surface area contributed by atoms with Gasteiger partial charge in [0.25, 0.3) is 5.91 Å². The van der Waals surface area contributed by atoms with Crippen LogP contribution in [0.25, 0.3) is 0 Å². The highest BCUT2D eigenvalue weighted by Crippen LogP contribution is 2.13. The molecule has 0 unspecified atom stereocenters. The largest absolute Gasteiger partial charge is 0.379 e. The number of sulfonamides is 1. The molecule has 1 rings (SSSR count). The van der Waals surface area contributed by atoms with Crippen LogP contribution in [0.5, 0.6) is 0 Å². The van der Waals surface area contributed by atoms with Crippen LogP contribution in [0.15, 0.2) is 23.1 Å². The van der Waals surface area contributed by atoms with Gasteiger partial charge in [-0.15, -0.1) is 0 Å². The molecule has 8 heteroatoms. The predicted molar refractivity (Wildman–Crippen MR) is 75.8 cm³/mol. The minimum Gasteiger partial charge on any atom is -0.379 e. The summed E-state index contributed by atoms with van der Waals surface area (Å²) < 4.78 is 41.0. The molecule has 0 radical (unpaired) electrons. The molecular formula is C13H19FN2O4S. The summed E-state index contributed by atoms with van der Waals surface area (Å²) in [5.74, 6) is -1.04. The molecule has 0 fully saturated rings. The first-order valence-corrected chi connectivity index (χ1v) is 7.94. The van der Waals surface area contributed by atoms with E-state index in [2.05, 4.69) is 5.32 Å². The van der Waals surface area contributed by atoms with Gasteiger partial charge in [0, 0.05) is 18.7 Å². The minimum absolute atomic E-state index is 0.108. The number of nitrogens with one attached hydrogen (secondary N) is 1. The van der Waals surface area contributed by atoms with Crippen LogP contribution in [0.2, 0.25) is 0 Å². The van der Waals surface area contributed by atoms with Crippen LogP contribution in [0.1, 0.15) is 24.2 Å². The third kappa shape index (κ3) is 6.19. The molecule has 1 amide bonds. The number of hydrogen-bond donors (Lipinski definition) is 2. The van der Waals surface area contributed by atoms with Crippen molar-refractivity contribution >= 4 is 15.9 Å². The monoisotopic (exact) mass is 318 g/mol. The zero-order valence-corrected chi connectivity index (χ0v) is 12.7. The Hall–Kier alpha value is -1.51. The standard InChI is InChI=1S/C13H19FN2O4S/c1-9(2)8-20-4-3-16-13(17)10-5-11(14)7-12(6-10)21(15,18)19/h5-7,9H,3-4,8H2,1-2H3,(H,16,17)(H2,15,18,19). The van der Waals surface area contributed by atoms with E-state index in [0.717, 1.165) is 18.2 Å². The fourth-order valence-electron chi connectivity index (χ4n) is 1.52. The van der Waals surface area contributed by atoms with E-state index in [9.17, 15) is 17.6 Å². The van der Waals surface area contributed by atoms with Gasteiger partial charge in [-0.25, -0.2) is 17.9 Å². The van der Waals surface area contributed by atoms with Gasteiger partial charge in [-0.2, -0.15) is 0 Å². The van der Waals surface area contributed by atoms with Gasteiger partial charge in [-0.1, -0.05) is 13.8 Å². The molecule has 0 heterocycles. The van der Waals surface area contributed by atoms with Crippen LogP contribution < -0.4 is 10.5 Å². The molecular weight excluding hydrogens is 299 g/mol. The zero-order chi connectivity index (χ0) is 16.0. The molecule has 118 valence electrons. The van der Waals surface area contributed by atoms with Gasteiger partial charge in [-0.05, 0) is 24.1 Å². The summed E-state index contributed by atoms with van der Waals surface area (Å²) in [6.07, 6.45) is 0. The Balaban J connectivity index is 2.64. The quantitative estimate of drug-likeness (QED) is 0.729. The first-order valence-electron chi connectivity index (χ1n) is 6.39. The topological polar surface area (TPSA) is 98.5 Å². The first-order chi connectivity index (χ1) is 9.70. The van der Waals surface area contributed by atoms with Gasteiger partial charge >= 0.3 is 0 Å². The molecule has 0 atom stereocenters. The lowest BCUT2D eigenvalue weighted by molar-refractivity contribution is 0.0885. The van der Waals surface area contributed by atoms with Crippen molar-refractivity contribution in [1.29, 1.82) is 0 Å². The Morgan fingerprint density at radius 1 is 1.38 bits per heavy atom. The van der Waals surface area contributed by atoms with Crippen LogP contribution in [-0.2, 0) is 14.8 Å². The number of carbonyl (C=O) groups excluding carboxylic acids is 1. The second-order valence-corrected chi connectivity index (χ2v) is 6.51. The number of hydrogen-bond acceptors (Lipinski definition) is 4. The fraction of sp³-hybridized carbons (Fsp3) is 0.462. The lowest BCUT2D eigenvalue weighted by Crippen LogP contribution is -2.28.